The number of aromatic amines is 1. The molecule has 1 unspecified atom stereocenters. The summed E-state index contributed by atoms with van der Waals surface area (Å²) in [6.07, 6.45) is 0. The molecule has 36 heavy (non-hydrogen) atoms. The molecular formula is C29H27ClN4O2. The van der Waals surface area contributed by atoms with Gasteiger partial charge < -0.3 is 19.7 Å². The van der Waals surface area contributed by atoms with E-state index in [0.29, 0.717) is 23.7 Å². The van der Waals surface area contributed by atoms with E-state index in [1.54, 1.807) is 4.90 Å². The molecule has 1 saturated heterocycles. The van der Waals surface area contributed by atoms with Gasteiger partial charge in [0.1, 0.15) is 6.54 Å². The lowest BCUT2D eigenvalue weighted by atomic mass is 9.95. The first-order chi connectivity index (χ1) is 17.5. The van der Waals surface area contributed by atoms with Gasteiger partial charge in [-0.25, -0.2) is 0 Å². The van der Waals surface area contributed by atoms with Crippen molar-refractivity contribution in [3.8, 4) is 0 Å². The van der Waals surface area contributed by atoms with Crippen molar-refractivity contribution in [2.75, 3.05) is 37.6 Å². The fourth-order valence-electron chi connectivity index (χ4n) is 5.63. The van der Waals surface area contributed by atoms with Crippen molar-refractivity contribution in [3.63, 3.8) is 0 Å². The summed E-state index contributed by atoms with van der Waals surface area (Å²) in [5.74, 6) is -0.115. The first kappa shape index (κ1) is 22.7. The number of fused-ring (bicyclic) bond motifs is 2. The lowest BCUT2D eigenvalue weighted by Crippen LogP contribution is -2.51. The van der Waals surface area contributed by atoms with E-state index in [1.165, 1.54) is 0 Å². The Morgan fingerprint density at radius 3 is 2.53 bits per heavy atom. The average molecular weight is 499 g/mol. The fraction of sp³-hybridized carbons (Fsp3) is 0.241. The summed E-state index contributed by atoms with van der Waals surface area (Å²) in [5.41, 5.74) is 5.79. The van der Waals surface area contributed by atoms with Crippen LogP contribution in [0.5, 0.6) is 0 Å². The van der Waals surface area contributed by atoms with Gasteiger partial charge in [0.15, 0.2) is 0 Å². The molecule has 1 aromatic heterocycles. The Kier molecular flexibility index (Phi) is 5.69. The van der Waals surface area contributed by atoms with Gasteiger partial charge in [-0.15, -0.1) is 0 Å². The van der Waals surface area contributed by atoms with E-state index in [0.717, 1.165) is 46.5 Å². The minimum absolute atomic E-state index is 0.0237. The van der Waals surface area contributed by atoms with E-state index in [2.05, 4.69) is 16.0 Å². The van der Waals surface area contributed by atoms with Gasteiger partial charge in [0.25, 0.3) is 5.91 Å². The van der Waals surface area contributed by atoms with Crippen LogP contribution in [0.1, 0.15) is 33.2 Å². The molecule has 0 radical (unpaired) electrons. The largest absolute Gasteiger partial charge is 0.368 e. The van der Waals surface area contributed by atoms with Gasteiger partial charge in [-0.05, 0) is 42.8 Å². The molecule has 4 aromatic rings. The second-order valence-corrected chi connectivity index (χ2v) is 9.92. The maximum atomic E-state index is 13.6. The number of halogens is 1. The van der Waals surface area contributed by atoms with Crippen LogP contribution in [0.4, 0.5) is 5.69 Å². The van der Waals surface area contributed by atoms with Crippen molar-refractivity contribution in [1.82, 2.24) is 14.8 Å². The first-order valence-electron chi connectivity index (χ1n) is 12.3. The quantitative estimate of drug-likeness (QED) is 0.429. The number of aryl methyl sites for hydroxylation is 1. The van der Waals surface area contributed by atoms with Crippen molar-refractivity contribution in [2.24, 2.45) is 0 Å². The van der Waals surface area contributed by atoms with Crippen LogP contribution in [0.25, 0.3) is 10.9 Å². The van der Waals surface area contributed by atoms with E-state index < -0.39 is 0 Å². The van der Waals surface area contributed by atoms with Gasteiger partial charge >= 0.3 is 0 Å². The third kappa shape index (κ3) is 3.82. The molecule has 182 valence electrons. The normalized spacial score (nSPS) is 17.7. The van der Waals surface area contributed by atoms with Gasteiger partial charge in [0.2, 0.25) is 5.91 Å². The SMILES string of the molecule is Cc1[nH]c2ccccc2c1C1c2ccccc2C(=O)N1CC(=O)N1CCN(c2cccc(Cl)c2)CC1. The van der Waals surface area contributed by atoms with Crippen LogP contribution in [0, 0.1) is 6.92 Å². The number of hydrogen-bond acceptors (Lipinski definition) is 3. The summed E-state index contributed by atoms with van der Waals surface area (Å²) in [6, 6.07) is 23.3. The highest BCUT2D eigenvalue weighted by atomic mass is 35.5. The average Bonchev–Trinajstić information content (AvgIpc) is 3.37. The second kappa shape index (κ2) is 9.03. The maximum Gasteiger partial charge on any atom is 0.255 e. The molecule has 2 aliphatic rings. The van der Waals surface area contributed by atoms with Crippen LogP contribution in [0.2, 0.25) is 5.02 Å². The van der Waals surface area contributed by atoms with Gasteiger partial charge in [0.05, 0.1) is 6.04 Å². The monoisotopic (exact) mass is 498 g/mol. The molecular weight excluding hydrogens is 472 g/mol. The molecule has 3 aromatic carbocycles. The molecule has 6 rings (SSSR count). The van der Waals surface area contributed by atoms with E-state index in [9.17, 15) is 9.59 Å². The van der Waals surface area contributed by atoms with E-state index in [-0.39, 0.29) is 24.4 Å². The van der Waals surface area contributed by atoms with Gasteiger partial charge in [0, 0.05) is 64.6 Å². The first-order valence-corrected chi connectivity index (χ1v) is 12.6. The van der Waals surface area contributed by atoms with Gasteiger partial charge in [-0.1, -0.05) is 54.1 Å². The standard InChI is InChI=1S/C29H27ClN4O2/c1-19-27(24-11-4-5-12-25(24)31-19)28-22-9-2-3-10-23(22)29(36)34(28)18-26(35)33-15-13-32(14-16-33)21-8-6-7-20(30)17-21/h2-12,17,28,31H,13-16,18H2,1H3. The molecule has 0 aliphatic carbocycles. The molecule has 2 amide bonds. The Hall–Kier alpha value is -3.77. The number of rotatable bonds is 4. The van der Waals surface area contributed by atoms with E-state index >= 15 is 0 Å². The molecule has 6 nitrogen and oxygen atoms in total. The van der Waals surface area contributed by atoms with Gasteiger partial charge in [-0.2, -0.15) is 0 Å². The fourth-order valence-corrected chi connectivity index (χ4v) is 5.81. The van der Waals surface area contributed by atoms with Crippen molar-refractivity contribution in [2.45, 2.75) is 13.0 Å². The Balaban J connectivity index is 1.26. The molecule has 1 atom stereocenters. The number of carbonyl (C=O) groups is 2. The number of nitrogens with zero attached hydrogens (tertiary/aromatic N) is 3. The molecule has 1 fully saturated rings. The highest BCUT2D eigenvalue weighted by molar-refractivity contribution is 6.30. The number of nitrogens with one attached hydrogen (secondary N) is 1. The molecule has 0 saturated carbocycles. The van der Waals surface area contributed by atoms with Crippen LogP contribution in [-0.4, -0.2) is 59.3 Å². The number of piperazine rings is 1. The number of H-pyrrole nitrogens is 1. The zero-order valence-electron chi connectivity index (χ0n) is 20.1. The topological polar surface area (TPSA) is 59.7 Å². The number of carbonyl (C=O) groups excluding carboxylic acids is 2. The zero-order valence-corrected chi connectivity index (χ0v) is 20.8. The van der Waals surface area contributed by atoms with Crippen LogP contribution in [-0.2, 0) is 4.79 Å². The molecule has 2 aliphatic heterocycles. The summed E-state index contributed by atoms with van der Waals surface area (Å²) in [7, 11) is 0. The molecule has 0 spiro atoms. The summed E-state index contributed by atoms with van der Waals surface area (Å²) >= 11 is 6.16. The number of amides is 2. The third-order valence-electron chi connectivity index (χ3n) is 7.39. The summed E-state index contributed by atoms with van der Waals surface area (Å²) in [4.78, 5) is 36.4. The number of hydrogen-bond donors (Lipinski definition) is 1. The Bertz CT molecular complexity index is 1470. The smallest absolute Gasteiger partial charge is 0.255 e. The number of benzene rings is 3. The van der Waals surface area contributed by atoms with Gasteiger partial charge in [-0.3, -0.25) is 9.59 Å². The van der Waals surface area contributed by atoms with Crippen molar-refractivity contribution >= 4 is 40.0 Å². The lowest BCUT2D eigenvalue weighted by Gasteiger charge is -2.37. The number of para-hydroxylation sites is 1. The number of anilines is 1. The predicted octanol–water partition coefficient (Wildman–Crippen LogP) is 5.02. The van der Waals surface area contributed by atoms with Crippen molar-refractivity contribution in [1.29, 1.82) is 0 Å². The summed E-state index contributed by atoms with van der Waals surface area (Å²) < 4.78 is 0. The van der Waals surface area contributed by atoms with Crippen LogP contribution < -0.4 is 4.90 Å². The van der Waals surface area contributed by atoms with Crippen LogP contribution in [0.15, 0.2) is 72.8 Å². The van der Waals surface area contributed by atoms with Crippen LogP contribution in [0.3, 0.4) is 0 Å². The van der Waals surface area contributed by atoms with E-state index in [4.69, 9.17) is 11.6 Å². The molecule has 3 heterocycles. The Labute approximate surface area is 215 Å². The summed E-state index contributed by atoms with van der Waals surface area (Å²) in [5, 5.41) is 1.79. The second-order valence-electron chi connectivity index (χ2n) is 9.48. The van der Waals surface area contributed by atoms with E-state index in [1.807, 2.05) is 78.6 Å². The minimum Gasteiger partial charge on any atom is -0.368 e. The molecule has 7 heteroatoms. The van der Waals surface area contributed by atoms with Crippen molar-refractivity contribution in [3.05, 3.63) is 100 Å². The van der Waals surface area contributed by atoms with Crippen LogP contribution >= 0.6 is 11.6 Å². The number of aromatic nitrogens is 1. The minimum atomic E-state index is -0.304. The summed E-state index contributed by atoms with van der Waals surface area (Å²) in [6.45, 7) is 4.76. The van der Waals surface area contributed by atoms with Crippen molar-refractivity contribution < 1.29 is 9.59 Å². The highest BCUT2D eigenvalue weighted by Crippen LogP contribution is 2.42. The molecule has 0 bridgehead atoms. The molecule has 1 N–H and O–H groups in total. The third-order valence-corrected chi connectivity index (χ3v) is 7.62. The zero-order chi connectivity index (χ0) is 24.8. The highest BCUT2D eigenvalue weighted by Gasteiger charge is 2.41. The lowest BCUT2D eigenvalue weighted by molar-refractivity contribution is -0.132. The maximum absolute atomic E-state index is 13.6. The Morgan fingerprint density at radius 1 is 0.972 bits per heavy atom. The predicted molar refractivity (Wildman–Crippen MR) is 143 cm³/mol. The Morgan fingerprint density at radius 2 is 1.72 bits per heavy atom.